The summed E-state index contributed by atoms with van der Waals surface area (Å²) in [6.07, 6.45) is 7.97. The molecule has 3 aromatic rings. The lowest BCUT2D eigenvalue weighted by atomic mass is 9.93. The van der Waals surface area contributed by atoms with Gasteiger partial charge >= 0.3 is 0 Å². The predicted molar refractivity (Wildman–Crippen MR) is 95.9 cm³/mol. The summed E-state index contributed by atoms with van der Waals surface area (Å²) in [5.41, 5.74) is 3.55. The predicted octanol–water partition coefficient (Wildman–Crippen LogP) is 5.60. The van der Waals surface area contributed by atoms with E-state index in [0.29, 0.717) is 0 Å². The molecule has 0 N–H and O–H groups in total. The number of terminal acetylenes is 1. The molecule has 1 unspecified atom stereocenters. The minimum atomic E-state index is -0.00425. The van der Waals surface area contributed by atoms with Crippen molar-refractivity contribution < 1.29 is 0 Å². The lowest BCUT2D eigenvalue weighted by Crippen LogP contribution is -1.93. The van der Waals surface area contributed by atoms with Crippen LogP contribution in [0.1, 0.15) is 21.9 Å². The number of hydrogen-bond acceptors (Lipinski definition) is 1. The van der Waals surface area contributed by atoms with E-state index >= 15 is 0 Å². The van der Waals surface area contributed by atoms with Crippen molar-refractivity contribution in [2.24, 2.45) is 0 Å². The fourth-order valence-corrected chi connectivity index (χ4v) is 3.20. The first-order valence-electron chi connectivity index (χ1n) is 7.20. The molecule has 1 heterocycles. The Kier molecular flexibility index (Phi) is 4.53. The summed E-state index contributed by atoms with van der Waals surface area (Å²) in [5.74, 6) is 2.90. The molecular formula is C21H16S. The Labute approximate surface area is 135 Å². The maximum Gasteiger partial charge on any atom is 0.0732 e. The summed E-state index contributed by atoms with van der Waals surface area (Å²) in [6, 6.07) is 24.9. The summed E-state index contributed by atoms with van der Waals surface area (Å²) in [4.78, 5) is 1.20. The molecule has 0 spiro atoms. The van der Waals surface area contributed by atoms with Crippen molar-refractivity contribution in [2.75, 3.05) is 0 Å². The van der Waals surface area contributed by atoms with E-state index < -0.39 is 0 Å². The smallest absolute Gasteiger partial charge is 0.0732 e. The molecule has 0 aliphatic carbocycles. The SMILES string of the molecule is C#CC(C=C(c1ccccc1)c1ccccc1)c1cccs1. The Morgan fingerprint density at radius 1 is 0.864 bits per heavy atom. The third-order valence-corrected chi connectivity index (χ3v) is 4.49. The molecule has 0 amide bonds. The van der Waals surface area contributed by atoms with Gasteiger partial charge in [0.15, 0.2) is 0 Å². The highest BCUT2D eigenvalue weighted by atomic mass is 32.1. The maximum atomic E-state index is 5.78. The highest BCUT2D eigenvalue weighted by Gasteiger charge is 2.11. The first kappa shape index (κ1) is 14.4. The fourth-order valence-electron chi connectivity index (χ4n) is 2.44. The fraction of sp³-hybridized carbons (Fsp3) is 0.0476. The van der Waals surface area contributed by atoms with Crippen LogP contribution in [0.25, 0.3) is 5.57 Å². The molecule has 0 aliphatic rings. The molecule has 1 heteroatoms. The van der Waals surface area contributed by atoms with Crippen molar-refractivity contribution in [3.8, 4) is 12.3 Å². The molecule has 1 atom stereocenters. The third kappa shape index (κ3) is 3.19. The topological polar surface area (TPSA) is 0 Å². The van der Waals surface area contributed by atoms with Crippen LogP contribution in [0, 0.1) is 12.3 Å². The molecule has 1 aromatic heterocycles. The molecule has 106 valence electrons. The summed E-state index contributed by atoms with van der Waals surface area (Å²) in [6.45, 7) is 0. The van der Waals surface area contributed by atoms with Gasteiger partial charge in [0.25, 0.3) is 0 Å². The van der Waals surface area contributed by atoms with Crippen LogP contribution in [0.15, 0.2) is 84.3 Å². The first-order valence-corrected chi connectivity index (χ1v) is 8.08. The van der Waals surface area contributed by atoms with Crippen molar-refractivity contribution in [1.29, 1.82) is 0 Å². The quantitative estimate of drug-likeness (QED) is 0.550. The zero-order valence-electron chi connectivity index (χ0n) is 12.1. The van der Waals surface area contributed by atoms with E-state index in [9.17, 15) is 0 Å². The van der Waals surface area contributed by atoms with Crippen LogP contribution in [0.2, 0.25) is 0 Å². The van der Waals surface area contributed by atoms with Gasteiger partial charge in [-0.3, -0.25) is 0 Å². The summed E-state index contributed by atoms with van der Waals surface area (Å²) >= 11 is 1.70. The molecule has 0 fully saturated rings. The second-order valence-electron chi connectivity index (χ2n) is 4.97. The van der Waals surface area contributed by atoms with Gasteiger partial charge in [-0.2, -0.15) is 0 Å². The normalized spacial score (nSPS) is 11.4. The summed E-state index contributed by atoms with van der Waals surface area (Å²) < 4.78 is 0. The molecule has 0 bridgehead atoms. The van der Waals surface area contributed by atoms with E-state index in [0.717, 1.165) is 0 Å². The molecule has 0 saturated carbocycles. The number of benzene rings is 2. The Hall–Kier alpha value is -2.56. The van der Waals surface area contributed by atoms with E-state index in [1.807, 2.05) is 18.2 Å². The zero-order chi connectivity index (χ0) is 15.2. The first-order chi connectivity index (χ1) is 10.9. The Morgan fingerprint density at radius 2 is 1.45 bits per heavy atom. The van der Waals surface area contributed by atoms with Crippen LogP contribution in [-0.2, 0) is 0 Å². The van der Waals surface area contributed by atoms with Gasteiger partial charge < -0.3 is 0 Å². The number of hydrogen-bond donors (Lipinski definition) is 0. The largest absolute Gasteiger partial charge is 0.147 e. The van der Waals surface area contributed by atoms with Crippen LogP contribution in [0.5, 0.6) is 0 Å². The Morgan fingerprint density at radius 3 is 1.91 bits per heavy atom. The average Bonchev–Trinajstić information content (AvgIpc) is 3.12. The number of thiophene rings is 1. The molecule has 0 nitrogen and oxygen atoms in total. The van der Waals surface area contributed by atoms with Gasteiger partial charge in [0.05, 0.1) is 5.92 Å². The molecule has 0 radical (unpaired) electrons. The van der Waals surface area contributed by atoms with Crippen molar-refractivity contribution in [1.82, 2.24) is 0 Å². The van der Waals surface area contributed by atoms with Gasteiger partial charge in [-0.15, -0.1) is 17.8 Å². The van der Waals surface area contributed by atoms with Crippen LogP contribution in [-0.4, -0.2) is 0 Å². The summed E-state index contributed by atoms with van der Waals surface area (Å²) in [5, 5.41) is 2.07. The number of rotatable bonds is 4. The van der Waals surface area contributed by atoms with E-state index in [1.54, 1.807) is 11.3 Å². The highest BCUT2D eigenvalue weighted by molar-refractivity contribution is 7.10. The van der Waals surface area contributed by atoms with Crippen LogP contribution in [0.3, 0.4) is 0 Å². The minimum Gasteiger partial charge on any atom is -0.147 e. The molecule has 22 heavy (non-hydrogen) atoms. The second kappa shape index (κ2) is 6.93. The van der Waals surface area contributed by atoms with Crippen molar-refractivity contribution in [3.63, 3.8) is 0 Å². The van der Waals surface area contributed by atoms with Crippen LogP contribution >= 0.6 is 11.3 Å². The lowest BCUT2D eigenvalue weighted by Gasteiger charge is -2.11. The number of allylic oxidation sites excluding steroid dienone is 1. The Balaban J connectivity index is 2.10. The van der Waals surface area contributed by atoms with E-state index in [2.05, 4.69) is 72.0 Å². The van der Waals surface area contributed by atoms with Crippen LogP contribution in [0.4, 0.5) is 0 Å². The second-order valence-corrected chi connectivity index (χ2v) is 5.95. The molecule has 0 aliphatic heterocycles. The maximum absolute atomic E-state index is 5.78. The molecular weight excluding hydrogens is 284 g/mol. The van der Waals surface area contributed by atoms with Gasteiger partial charge in [-0.1, -0.05) is 78.7 Å². The zero-order valence-corrected chi connectivity index (χ0v) is 13.0. The minimum absolute atomic E-state index is 0.00425. The van der Waals surface area contributed by atoms with Gasteiger partial charge in [0.1, 0.15) is 0 Å². The van der Waals surface area contributed by atoms with Gasteiger partial charge in [0, 0.05) is 4.88 Å². The van der Waals surface area contributed by atoms with E-state index in [-0.39, 0.29) is 5.92 Å². The van der Waals surface area contributed by atoms with Gasteiger partial charge in [-0.05, 0) is 28.1 Å². The van der Waals surface area contributed by atoms with Gasteiger partial charge in [0.2, 0.25) is 0 Å². The van der Waals surface area contributed by atoms with Gasteiger partial charge in [-0.25, -0.2) is 0 Å². The van der Waals surface area contributed by atoms with E-state index in [4.69, 9.17) is 6.42 Å². The standard InChI is InChI=1S/C21H16S/c1-2-17(21-14-9-15-22-21)16-20(18-10-5-3-6-11-18)19-12-7-4-8-13-19/h1,3-17H. The summed E-state index contributed by atoms with van der Waals surface area (Å²) in [7, 11) is 0. The average molecular weight is 300 g/mol. The third-order valence-electron chi connectivity index (χ3n) is 3.53. The van der Waals surface area contributed by atoms with Crippen molar-refractivity contribution >= 4 is 16.9 Å². The molecule has 3 rings (SSSR count). The lowest BCUT2D eigenvalue weighted by molar-refractivity contribution is 1.18. The molecule has 0 saturated heterocycles. The monoisotopic (exact) mass is 300 g/mol. The van der Waals surface area contributed by atoms with Crippen molar-refractivity contribution in [2.45, 2.75) is 5.92 Å². The molecule has 2 aromatic carbocycles. The van der Waals surface area contributed by atoms with Crippen LogP contribution < -0.4 is 0 Å². The van der Waals surface area contributed by atoms with Crippen molar-refractivity contribution in [3.05, 3.63) is 100 Å². The Bertz CT molecular complexity index is 733. The van der Waals surface area contributed by atoms with E-state index in [1.165, 1.54) is 21.6 Å². The highest BCUT2D eigenvalue weighted by Crippen LogP contribution is 2.30.